The van der Waals surface area contributed by atoms with Crippen molar-refractivity contribution < 1.29 is 17.9 Å². The molecular weight excluding hydrogens is 730 g/mol. The summed E-state index contributed by atoms with van der Waals surface area (Å²) in [6.07, 6.45) is 3.51. The highest BCUT2D eigenvalue weighted by Crippen LogP contribution is 2.54. The molecule has 5 heterocycles. The minimum Gasteiger partial charge on any atom is -0.456 e. The van der Waals surface area contributed by atoms with Crippen LogP contribution in [-0.2, 0) is 18.6 Å². The summed E-state index contributed by atoms with van der Waals surface area (Å²) >= 11 is 0. The average molecular weight is 776 g/mol. The van der Waals surface area contributed by atoms with E-state index in [4.69, 9.17) is 4.42 Å². The van der Waals surface area contributed by atoms with E-state index in [1.165, 1.54) is 38.7 Å². The number of fused-ring (bicyclic) bond motifs is 15. The lowest BCUT2D eigenvalue weighted by Crippen LogP contribution is -2.61. The van der Waals surface area contributed by atoms with Crippen LogP contribution in [-0.4, -0.2) is 12.6 Å². The van der Waals surface area contributed by atoms with Gasteiger partial charge in [-0.2, -0.15) is 4.57 Å². The molecule has 1 spiro atoms. The van der Waals surface area contributed by atoms with E-state index in [2.05, 4.69) is 176 Å². The lowest BCUT2D eigenvalue weighted by atomic mass is 9.88. The number of hydrogen-bond acceptors (Lipinski definition) is 1. The number of imidazole rings is 1. The molecule has 0 aliphatic carbocycles. The lowest BCUT2D eigenvalue weighted by Gasteiger charge is -2.24. The first kappa shape index (κ1) is 35.1. The van der Waals surface area contributed by atoms with Crippen LogP contribution in [0.4, 0.5) is 4.39 Å². The maximum Gasteiger partial charge on any atom is 0.364 e. The smallest absolute Gasteiger partial charge is 0.364 e. The molecule has 0 radical (unpaired) electrons. The molecule has 11 rings (SSSR count). The van der Waals surface area contributed by atoms with E-state index in [9.17, 15) is 0 Å². The molecule has 0 saturated heterocycles. The van der Waals surface area contributed by atoms with Crippen LogP contribution in [0.2, 0.25) is 19.6 Å². The highest BCUT2D eigenvalue weighted by atomic mass is 28.3. The van der Waals surface area contributed by atoms with Gasteiger partial charge in [-0.1, -0.05) is 112 Å². The Kier molecular flexibility index (Phi) is 7.53. The summed E-state index contributed by atoms with van der Waals surface area (Å²) in [5.74, 6) is 1.33. The van der Waals surface area contributed by atoms with Crippen molar-refractivity contribution in [1.82, 2.24) is 4.57 Å². The first-order valence-electron chi connectivity index (χ1n) is 20.6. The molecule has 0 N–H and O–H groups in total. The van der Waals surface area contributed by atoms with Gasteiger partial charge in [0.2, 0.25) is 5.69 Å². The summed E-state index contributed by atoms with van der Waals surface area (Å²) in [5.41, 5.74) is 14.7. The van der Waals surface area contributed by atoms with Crippen LogP contribution >= 0.6 is 0 Å². The largest absolute Gasteiger partial charge is 0.456 e. The van der Waals surface area contributed by atoms with Crippen LogP contribution in [0.25, 0.3) is 66.7 Å². The second-order valence-corrected chi connectivity index (χ2v) is 23.0. The number of halogens is 1. The Balaban J connectivity index is 1.31. The van der Waals surface area contributed by atoms with Gasteiger partial charge in [-0.25, -0.2) is 8.96 Å². The highest BCUT2D eigenvalue weighted by molar-refractivity contribution is 6.89. The molecule has 284 valence electrons. The van der Waals surface area contributed by atoms with E-state index in [1.807, 2.05) is 6.07 Å². The zero-order chi connectivity index (χ0) is 39.7. The number of aryl methyl sites for hydroxylation is 1. The number of hydrogen-bond donors (Lipinski definition) is 0. The minimum atomic E-state index is -1.87. The minimum absolute atomic E-state index is 0.248. The van der Waals surface area contributed by atoms with E-state index < -0.39 is 13.7 Å². The van der Waals surface area contributed by atoms with Crippen molar-refractivity contribution in [2.45, 2.75) is 59.0 Å². The number of nitrogens with zero attached hydrogens (tertiary/aromatic N) is 3. The van der Waals surface area contributed by atoms with Crippen molar-refractivity contribution in [3.63, 3.8) is 0 Å². The zero-order valence-electron chi connectivity index (χ0n) is 33.9. The van der Waals surface area contributed by atoms with Crippen molar-refractivity contribution in [2.75, 3.05) is 0 Å². The predicted molar refractivity (Wildman–Crippen MR) is 236 cm³/mol. The fraction of sp³-hybridized carbons (Fsp3) is 0.192. The van der Waals surface area contributed by atoms with Crippen molar-refractivity contribution in [3.8, 4) is 33.8 Å². The molecule has 0 saturated carbocycles. The van der Waals surface area contributed by atoms with Crippen LogP contribution in [0.15, 0.2) is 144 Å². The van der Waals surface area contributed by atoms with Crippen molar-refractivity contribution >= 4 is 46.2 Å². The van der Waals surface area contributed by atoms with E-state index in [0.717, 1.165) is 67.5 Å². The summed E-state index contributed by atoms with van der Waals surface area (Å²) in [6.45, 7) is 14.8. The molecule has 3 aromatic heterocycles. The Bertz CT molecular complexity index is 3150. The van der Waals surface area contributed by atoms with Crippen molar-refractivity contribution in [1.29, 1.82) is 0 Å². The third kappa shape index (κ3) is 4.97. The third-order valence-corrected chi connectivity index (χ3v) is 14.6. The SMILES string of the molecule is Cc1ccc2c(c1)C1(c3cc4oc5cc(-c6ccccc6)ccc5c4cc3-c3n1c1cc(F)ccc1[n+]3Cc1ccccc1)[n+]1cc([Si](C)(C)C)c(CC(C)C)cc1-2. The van der Waals surface area contributed by atoms with Gasteiger partial charge in [-0.3, -0.25) is 0 Å². The molecule has 9 aromatic rings. The molecule has 1 unspecified atom stereocenters. The first-order chi connectivity index (χ1) is 28.0. The standard InChI is InChI=1S/C52H46FN3OSi/c1-32(2)23-37-25-46-40-20-17-33(3)24-43(40)52(55(46)31-50(37)58(4,5)6)44-29-49-41(39-21-18-36(26-48(39)57-49)35-15-11-8-12-16-35)28-42(44)51-54(30-34-13-9-7-10-14-34)45-22-19-38(53)27-47(45)56(51)52/h7-22,24-29,31-32H,23,30H2,1-6H3/q+2. The molecule has 0 bridgehead atoms. The van der Waals surface area contributed by atoms with Gasteiger partial charge in [-0.15, -0.1) is 4.57 Å². The fourth-order valence-corrected chi connectivity index (χ4v) is 11.8. The van der Waals surface area contributed by atoms with Gasteiger partial charge in [-0.05, 0) is 90.0 Å². The molecule has 0 amide bonds. The van der Waals surface area contributed by atoms with Crippen LogP contribution < -0.4 is 14.3 Å². The Labute approximate surface area is 339 Å². The van der Waals surface area contributed by atoms with E-state index in [1.54, 1.807) is 12.1 Å². The molecule has 58 heavy (non-hydrogen) atoms. The molecule has 2 aliphatic rings. The maximum absolute atomic E-state index is 15.9. The van der Waals surface area contributed by atoms with Crippen molar-refractivity contribution in [2.24, 2.45) is 5.92 Å². The Morgan fingerprint density at radius 1 is 0.724 bits per heavy atom. The van der Waals surface area contributed by atoms with Crippen molar-refractivity contribution in [3.05, 3.63) is 173 Å². The number of furan rings is 1. The molecule has 1 atom stereocenters. The molecule has 0 fully saturated rings. The second kappa shape index (κ2) is 12.4. The van der Waals surface area contributed by atoms with Gasteiger partial charge in [0.15, 0.2) is 17.2 Å². The Morgan fingerprint density at radius 2 is 1.47 bits per heavy atom. The first-order valence-corrected chi connectivity index (χ1v) is 24.1. The maximum atomic E-state index is 15.9. The fourth-order valence-electron chi connectivity index (χ4n) is 10.2. The number of rotatable bonds is 6. The molecular formula is C52H46FN3OSi+2. The van der Waals surface area contributed by atoms with Gasteiger partial charge in [0.05, 0.1) is 30.3 Å². The Hall–Kier alpha value is -6.11. The zero-order valence-corrected chi connectivity index (χ0v) is 34.9. The topological polar surface area (TPSA) is 25.8 Å². The van der Waals surface area contributed by atoms with Crippen LogP contribution in [0.5, 0.6) is 0 Å². The summed E-state index contributed by atoms with van der Waals surface area (Å²) in [4.78, 5) is 0. The van der Waals surface area contributed by atoms with E-state index in [-0.39, 0.29) is 5.82 Å². The monoisotopic (exact) mass is 775 g/mol. The highest BCUT2D eigenvalue weighted by Gasteiger charge is 2.66. The lowest BCUT2D eigenvalue weighted by molar-refractivity contribution is -0.734. The van der Waals surface area contributed by atoms with Crippen LogP contribution in [0.1, 0.15) is 41.7 Å². The van der Waals surface area contributed by atoms with Crippen LogP contribution in [0.3, 0.4) is 0 Å². The quantitative estimate of drug-likeness (QED) is 0.122. The summed E-state index contributed by atoms with van der Waals surface area (Å²) < 4.78 is 30.2. The van der Waals surface area contributed by atoms with Gasteiger partial charge in [0, 0.05) is 28.1 Å². The van der Waals surface area contributed by atoms with Gasteiger partial charge in [0.25, 0.3) is 5.82 Å². The molecule has 4 nitrogen and oxygen atoms in total. The number of benzene rings is 6. The molecule has 6 heteroatoms. The second-order valence-electron chi connectivity index (χ2n) is 18.0. The number of pyridine rings is 1. The third-order valence-electron chi connectivity index (χ3n) is 12.6. The molecule has 6 aromatic carbocycles. The van der Waals surface area contributed by atoms with Gasteiger partial charge >= 0.3 is 5.66 Å². The van der Waals surface area contributed by atoms with E-state index in [0.29, 0.717) is 12.5 Å². The normalized spacial score (nSPS) is 15.5. The van der Waals surface area contributed by atoms with E-state index >= 15 is 4.39 Å². The predicted octanol–water partition coefficient (Wildman–Crippen LogP) is 11.3. The Morgan fingerprint density at radius 3 is 2.22 bits per heavy atom. The summed E-state index contributed by atoms with van der Waals surface area (Å²) in [5, 5.41) is 3.61. The molecule has 2 aliphatic heterocycles. The summed E-state index contributed by atoms with van der Waals surface area (Å²) in [7, 11) is -1.87. The van der Waals surface area contributed by atoms with Gasteiger partial charge < -0.3 is 4.42 Å². The summed E-state index contributed by atoms with van der Waals surface area (Å²) in [6, 6.07) is 47.1. The van der Waals surface area contributed by atoms with Crippen LogP contribution in [0, 0.1) is 18.7 Å². The average Bonchev–Trinajstić information content (AvgIpc) is 3.89. The van der Waals surface area contributed by atoms with Gasteiger partial charge in [0.1, 0.15) is 23.5 Å². The number of aromatic nitrogens is 3.